The highest BCUT2D eigenvalue weighted by Crippen LogP contribution is 2.18. The highest BCUT2D eigenvalue weighted by molar-refractivity contribution is 5.70. The van der Waals surface area contributed by atoms with Crippen molar-refractivity contribution in [1.82, 2.24) is 0 Å². The Labute approximate surface area is 450 Å². The van der Waals surface area contributed by atoms with Crippen LogP contribution in [0, 0.1) is 0 Å². The van der Waals surface area contributed by atoms with Crippen molar-refractivity contribution in [2.24, 2.45) is 0 Å². The maximum absolute atomic E-state index is 12.9. The molecule has 0 bridgehead atoms. The van der Waals surface area contributed by atoms with Crippen LogP contribution < -0.4 is 0 Å². The molecule has 5 nitrogen and oxygen atoms in total. The Morgan fingerprint density at radius 3 is 1.00 bits per heavy atom. The highest BCUT2D eigenvalue weighted by Gasteiger charge is 2.18. The van der Waals surface area contributed by atoms with Crippen LogP contribution in [0.2, 0.25) is 0 Å². The summed E-state index contributed by atoms with van der Waals surface area (Å²) in [6, 6.07) is 0. The maximum atomic E-state index is 12.9. The SMILES string of the molecule is CC/C=C\C/C=C\C/C=C\CCCCCCCCCC(=O)OC(COCCCCCCCCCCCCCCCCCCCCCC)COC(=O)CCCCCCCCCCCCCCCCCCCCC. The van der Waals surface area contributed by atoms with Crippen molar-refractivity contribution in [1.29, 1.82) is 0 Å². The normalized spacial score (nSPS) is 12.3. The third kappa shape index (κ3) is 60.7. The first-order valence-electron chi connectivity index (χ1n) is 32.5. The lowest BCUT2D eigenvalue weighted by Crippen LogP contribution is -2.30. The van der Waals surface area contributed by atoms with E-state index in [1.54, 1.807) is 0 Å². The fraction of sp³-hybridized carbons (Fsp3) is 0.881. The first-order valence-corrected chi connectivity index (χ1v) is 32.5. The summed E-state index contributed by atoms with van der Waals surface area (Å²) < 4.78 is 17.6. The van der Waals surface area contributed by atoms with Gasteiger partial charge in [-0.05, 0) is 51.4 Å². The van der Waals surface area contributed by atoms with E-state index >= 15 is 0 Å². The zero-order valence-corrected chi connectivity index (χ0v) is 49.0. The molecular weight excluding hydrogens is 885 g/mol. The highest BCUT2D eigenvalue weighted by atomic mass is 16.6. The van der Waals surface area contributed by atoms with Gasteiger partial charge in [-0.15, -0.1) is 0 Å². The second kappa shape index (κ2) is 63.4. The fourth-order valence-corrected chi connectivity index (χ4v) is 9.88. The summed E-state index contributed by atoms with van der Waals surface area (Å²) in [5, 5.41) is 0. The summed E-state index contributed by atoms with van der Waals surface area (Å²) in [6.07, 6.45) is 79.0. The predicted molar refractivity (Wildman–Crippen MR) is 316 cm³/mol. The summed E-state index contributed by atoms with van der Waals surface area (Å²) in [6.45, 7) is 7.80. The number of unbranched alkanes of at least 4 members (excludes halogenated alkanes) is 44. The summed E-state index contributed by atoms with van der Waals surface area (Å²) in [5.74, 6) is -0.382. The molecule has 0 aliphatic carbocycles. The van der Waals surface area contributed by atoms with E-state index in [0.717, 1.165) is 64.2 Å². The molecule has 0 saturated heterocycles. The van der Waals surface area contributed by atoms with Gasteiger partial charge in [-0.1, -0.05) is 327 Å². The van der Waals surface area contributed by atoms with E-state index in [1.165, 1.54) is 257 Å². The number of esters is 2. The second-order valence-electron chi connectivity index (χ2n) is 22.0. The smallest absolute Gasteiger partial charge is 0.306 e. The van der Waals surface area contributed by atoms with E-state index < -0.39 is 6.10 Å². The number of ether oxygens (including phenoxy) is 3. The van der Waals surface area contributed by atoms with E-state index in [1.807, 2.05) is 0 Å². The Kier molecular flexibility index (Phi) is 61.8. The largest absolute Gasteiger partial charge is 0.462 e. The van der Waals surface area contributed by atoms with Gasteiger partial charge in [-0.2, -0.15) is 0 Å². The molecule has 0 aromatic rings. The van der Waals surface area contributed by atoms with Gasteiger partial charge in [0.25, 0.3) is 0 Å². The van der Waals surface area contributed by atoms with E-state index in [2.05, 4.69) is 57.2 Å². The fourth-order valence-electron chi connectivity index (χ4n) is 9.88. The molecule has 0 fully saturated rings. The quantitative estimate of drug-likeness (QED) is 0.0345. The summed E-state index contributed by atoms with van der Waals surface area (Å²) in [4.78, 5) is 25.6. The van der Waals surface area contributed by atoms with Gasteiger partial charge in [-0.25, -0.2) is 0 Å². The van der Waals surface area contributed by atoms with Crippen molar-refractivity contribution < 1.29 is 23.8 Å². The minimum Gasteiger partial charge on any atom is -0.462 e. The minimum atomic E-state index is -0.537. The van der Waals surface area contributed by atoms with Gasteiger partial charge in [0.2, 0.25) is 0 Å². The van der Waals surface area contributed by atoms with Crippen molar-refractivity contribution in [3.63, 3.8) is 0 Å². The van der Waals surface area contributed by atoms with Crippen molar-refractivity contribution in [3.8, 4) is 0 Å². The molecule has 424 valence electrons. The molecule has 0 heterocycles. The number of allylic oxidation sites excluding steroid dienone is 6. The lowest BCUT2D eigenvalue weighted by Gasteiger charge is -2.18. The molecule has 0 amide bonds. The van der Waals surface area contributed by atoms with Crippen molar-refractivity contribution in [2.45, 2.75) is 361 Å². The molecule has 1 unspecified atom stereocenters. The van der Waals surface area contributed by atoms with E-state index in [0.29, 0.717) is 26.1 Å². The zero-order valence-electron chi connectivity index (χ0n) is 49.0. The average Bonchev–Trinajstić information content (AvgIpc) is 3.38. The van der Waals surface area contributed by atoms with Gasteiger partial charge in [0.05, 0.1) is 6.61 Å². The summed E-state index contributed by atoms with van der Waals surface area (Å²) >= 11 is 0. The lowest BCUT2D eigenvalue weighted by molar-refractivity contribution is -0.163. The van der Waals surface area contributed by atoms with Crippen molar-refractivity contribution >= 4 is 11.9 Å². The van der Waals surface area contributed by atoms with Gasteiger partial charge >= 0.3 is 11.9 Å². The Bertz CT molecular complexity index is 1140. The van der Waals surface area contributed by atoms with Crippen LogP contribution in [0.4, 0.5) is 0 Å². The van der Waals surface area contributed by atoms with Crippen LogP contribution in [0.15, 0.2) is 36.5 Å². The Morgan fingerprint density at radius 1 is 0.319 bits per heavy atom. The van der Waals surface area contributed by atoms with Crippen LogP contribution in [0.5, 0.6) is 0 Å². The van der Waals surface area contributed by atoms with Crippen molar-refractivity contribution in [2.75, 3.05) is 19.8 Å². The molecule has 0 saturated carbocycles. The molecule has 0 N–H and O–H groups in total. The van der Waals surface area contributed by atoms with Crippen molar-refractivity contribution in [3.05, 3.63) is 36.5 Å². The number of carbonyl (C=O) groups excluding carboxylic acids is 2. The Hall–Kier alpha value is -1.88. The molecule has 0 aromatic heterocycles. The van der Waals surface area contributed by atoms with E-state index in [-0.39, 0.29) is 18.5 Å². The Morgan fingerprint density at radius 2 is 0.625 bits per heavy atom. The number of hydrogen-bond donors (Lipinski definition) is 0. The van der Waals surface area contributed by atoms with Crippen LogP contribution in [0.1, 0.15) is 355 Å². The Balaban J connectivity index is 4.22. The van der Waals surface area contributed by atoms with E-state index in [9.17, 15) is 9.59 Å². The molecule has 0 rings (SSSR count). The van der Waals surface area contributed by atoms with Gasteiger partial charge in [-0.3, -0.25) is 9.59 Å². The monoisotopic (exact) mass is 1010 g/mol. The first kappa shape index (κ1) is 70.1. The molecule has 0 radical (unpaired) electrons. The molecule has 72 heavy (non-hydrogen) atoms. The number of hydrogen-bond acceptors (Lipinski definition) is 5. The van der Waals surface area contributed by atoms with Crippen LogP contribution in [-0.4, -0.2) is 37.9 Å². The molecule has 0 aliphatic rings. The third-order valence-corrected chi connectivity index (χ3v) is 14.7. The maximum Gasteiger partial charge on any atom is 0.306 e. The molecule has 0 spiro atoms. The zero-order chi connectivity index (χ0) is 52.0. The minimum absolute atomic E-state index is 0.0888. The second-order valence-corrected chi connectivity index (χ2v) is 22.0. The van der Waals surface area contributed by atoms with Crippen LogP contribution >= 0.6 is 0 Å². The van der Waals surface area contributed by atoms with Gasteiger partial charge in [0.15, 0.2) is 6.10 Å². The summed E-state index contributed by atoms with van der Waals surface area (Å²) in [5.41, 5.74) is 0. The first-order chi connectivity index (χ1) is 35.6. The summed E-state index contributed by atoms with van der Waals surface area (Å²) in [7, 11) is 0. The molecule has 1 atom stereocenters. The molecular formula is C67H126O5. The molecule has 0 aromatic carbocycles. The topological polar surface area (TPSA) is 61.8 Å². The van der Waals surface area contributed by atoms with Gasteiger partial charge < -0.3 is 14.2 Å². The van der Waals surface area contributed by atoms with Gasteiger partial charge in [0.1, 0.15) is 6.61 Å². The average molecular weight is 1010 g/mol. The van der Waals surface area contributed by atoms with Crippen LogP contribution in [-0.2, 0) is 23.8 Å². The van der Waals surface area contributed by atoms with Crippen LogP contribution in [0.3, 0.4) is 0 Å². The van der Waals surface area contributed by atoms with E-state index in [4.69, 9.17) is 14.2 Å². The third-order valence-electron chi connectivity index (χ3n) is 14.7. The standard InChI is InChI=1S/C67H126O5/c1-4-7-10-13-16-19-22-25-28-31-33-35-38-41-44-47-50-53-56-59-62-70-63-65(72-67(69)61-58-55-52-49-46-43-40-36-30-27-24-21-18-15-12-9-6-3)64-71-66(68)60-57-54-51-48-45-42-39-37-34-32-29-26-23-20-17-14-11-8-5-2/h9,12,18,21,27,30,65H,4-8,10-11,13-17,19-20,22-26,28-29,31-64H2,1-3H3/b12-9-,21-18-,30-27-. The van der Waals surface area contributed by atoms with Gasteiger partial charge in [0, 0.05) is 19.4 Å². The molecule has 0 aliphatic heterocycles. The van der Waals surface area contributed by atoms with Crippen LogP contribution in [0.25, 0.3) is 0 Å². The number of carbonyl (C=O) groups is 2. The molecule has 5 heteroatoms. The number of rotatable bonds is 61. The predicted octanol–water partition coefficient (Wildman–Crippen LogP) is 22.5. The lowest BCUT2D eigenvalue weighted by atomic mass is 10.0.